The average molecular weight is 1120 g/mol. The Balaban J connectivity index is 4.09. The number of hydrogen-bond donors (Lipinski definition) is 2. The Morgan fingerprint density at radius 1 is 0.449 bits per heavy atom. The number of nitrogens with zero attached hydrogens (tertiary/aromatic N) is 1. The van der Waals surface area contributed by atoms with E-state index in [0.717, 1.165) is 51.4 Å². The molecule has 3 unspecified atom stereocenters. The molecule has 0 heterocycles. The van der Waals surface area contributed by atoms with Gasteiger partial charge in [0, 0.05) is 6.42 Å². The highest BCUT2D eigenvalue weighted by molar-refractivity contribution is 7.45. The molecular formula is C69H131N2O6P. The predicted molar refractivity (Wildman–Crippen MR) is 339 cm³/mol. The second-order valence-electron chi connectivity index (χ2n) is 24.2. The van der Waals surface area contributed by atoms with Gasteiger partial charge in [-0.1, -0.05) is 306 Å². The number of unbranched alkanes of at least 4 members (excludes halogenated alkanes) is 41. The van der Waals surface area contributed by atoms with E-state index in [4.69, 9.17) is 9.05 Å². The molecule has 0 rings (SSSR count). The number of aliphatic hydroxyl groups excluding tert-OH is 1. The molecule has 0 saturated carbocycles. The predicted octanol–water partition coefficient (Wildman–Crippen LogP) is 20.6. The minimum Gasteiger partial charge on any atom is -0.756 e. The first-order valence-corrected chi connectivity index (χ1v) is 35.1. The van der Waals surface area contributed by atoms with Crippen LogP contribution in [0.25, 0.3) is 0 Å². The van der Waals surface area contributed by atoms with Crippen molar-refractivity contribution in [1.29, 1.82) is 0 Å². The van der Waals surface area contributed by atoms with Crippen LogP contribution >= 0.6 is 7.82 Å². The molecule has 0 aromatic rings. The number of carbonyl (C=O) groups is 1. The highest BCUT2D eigenvalue weighted by Gasteiger charge is 2.23. The number of carbonyl (C=O) groups excluding carboxylic acids is 1. The number of phosphoric acid groups is 1. The quantitative estimate of drug-likeness (QED) is 0.0272. The fourth-order valence-electron chi connectivity index (χ4n) is 9.94. The lowest BCUT2D eigenvalue weighted by molar-refractivity contribution is -0.870. The number of phosphoric ester groups is 1. The maximum atomic E-state index is 13.0. The van der Waals surface area contributed by atoms with Crippen molar-refractivity contribution in [2.75, 3.05) is 40.9 Å². The summed E-state index contributed by atoms with van der Waals surface area (Å²) in [6.07, 6.45) is 81.9. The van der Waals surface area contributed by atoms with Crippen LogP contribution in [-0.4, -0.2) is 68.5 Å². The van der Waals surface area contributed by atoms with Crippen molar-refractivity contribution in [3.8, 4) is 0 Å². The van der Waals surface area contributed by atoms with Crippen LogP contribution in [0.15, 0.2) is 60.8 Å². The van der Waals surface area contributed by atoms with E-state index >= 15 is 0 Å². The maximum Gasteiger partial charge on any atom is 0.268 e. The van der Waals surface area contributed by atoms with Crippen molar-refractivity contribution in [3.63, 3.8) is 0 Å². The molecule has 0 radical (unpaired) electrons. The Kier molecular flexibility index (Phi) is 58.4. The molecule has 0 aliphatic heterocycles. The summed E-state index contributed by atoms with van der Waals surface area (Å²) >= 11 is 0. The third-order valence-corrected chi connectivity index (χ3v) is 16.2. The molecule has 0 fully saturated rings. The number of aliphatic hydroxyl groups is 1. The zero-order valence-corrected chi connectivity index (χ0v) is 53.3. The van der Waals surface area contributed by atoms with Gasteiger partial charge in [-0.15, -0.1) is 0 Å². The minimum absolute atomic E-state index is 0.00635. The van der Waals surface area contributed by atoms with Crippen LogP contribution in [0.1, 0.15) is 322 Å². The van der Waals surface area contributed by atoms with Crippen molar-refractivity contribution in [2.45, 2.75) is 334 Å². The Hall–Kier alpha value is -1.80. The van der Waals surface area contributed by atoms with Gasteiger partial charge in [-0.25, -0.2) is 0 Å². The van der Waals surface area contributed by atoms with Gasteiger partial charge in [-0.2, -0.15) is 0 Å². The van der Waals surface area contributed by atoms with Gasteiger partial charge >= 0.3 is 0 Å². The average Bonchev–Trinajstić information content (AvgIpc) is 3.41. The molecule has 9 heteroatoms. The van der Waals surface area contributed by atoms with Gasteiger partial charge in [0.1, 0.15) is 13.2 Å². The smallest absolute Gasteiger partial charge is 0.268 e. The largest absolute Gasteiger partial charge is 0.756 e. The molecule has 0 aliphatic rings. The molecule has 8 nitrogen and oxygen atoms in total. The van der Waals surface area contributed by atoms with E-state index < -0.39 is 26.6 Å². The van der Waals surface area contributed by atoms with E-state index in [0.29, 0.717) is 17.4 Å². The van der Waals surface area contributed by atoms with Gasteiger partial charge in [-0.05, 0) is 70.6 Å². The van der Waals surface area contributed by atoms with Crippen molar-refractivity contribution in [3.05, 3.63) is 60.8 Å². The number of nitrogens with one attached hydrogen (secondary N) is 1. The Labute approximate surface area is 485 Å². The molecule has 0 saturated heterocycles. The standard InChI is InChI=1S/C69H131N2O6P/c1-6-8-10-12-14-16-18-20-22-24-26-28-30-31-32-33-34-35-36-37-38-39-41-43-45-47-49-51-53-55-57-59-61-63-69(73)70-67(66-77-78(74,75)76-65-64-71(3,4)5)68(72)62-60-58-56-54-52-50-48-46-44-42-40-29-27-25-23-21-19-17-15-13-11-9-7-2/h18,20,24,26,30-31,52,54,60,62,67-68,72H,6-17,19,21-23,25,27-29,32-51,53,55-59,61,63-66H2,1-5H3,(H-,70,73,74,75)/b20-18-,26-24-,31-30-,54-52+,62-60+. The third kappa shape index (κ3) is 61.8. The molecule has 0 spiro atoms. The fraction of sp³-hybridized carbons (Fsp3) is 0.841. The third-order valence-electron chi connectivity index (χ3n) is 15.2. The summed E-state index contributed by atoms with van der Waals surface area (Å²) in [5.41, 5.74) is 0. The van der Waals surface area contributed by atoms with E-state index in [1.54, 1.807) is 6.08 Å². The summed E-state index contributed by atoms with van der Waals surface area (Å²) < 4.78 is 23.4. The molecule has 458 valence electrons. The first-order valence-electron chi connectivity index (χ1n) is 33.7. The monoisotopic (exact) mass is 1110 g/mol. The molecule has 0 aliphatic carbocycles. The van der Waals surface area contributed by atoms with Gasteiger partial charge in [-0.3, -0.25) is 9.36 Å². The van der Waals surface area contributed by atoms with E-state index in [9.17, 15) is 19.4 Å². The van der Waals surface area contributed by atoms with Gasteiger partial charge < -0.3 is 28.8 Å². The number of amides is 1. The summed E-state index contributed by atoms with van der Waals surface area (Å²) in [7, 11) is 1.25. The summed E-state index contributed by atoms with van der Waals surface area (Å²) in [5.74, 6) is -0.203. The fourth-order valence-corrected chi connectivity index (χ4v) is 10.7. The lowest BCUT2D eigenvalue weighted by Crippen LogP contribution is -2.45. The number of quaternary nitrogens is 1. The Morgan fingerprint density at radius 3 is 1.13 bits per heavy atom. The van der Waals surface area contributed by atoms with Crippen LogP contribution in [0.4, 0.5) is 0 Å². The van der Waals surface area contributed by atoms with E-state index in [2.05, 4.69) is 67.8 Å². The van der Waals surface area contributed by atoms with Gasteiger partial charge in [0.05, 0.1) is 39.9 Å². The summed E-state index contributed by atoms with van der Waals surface area (Å²) in [5, 5.41) is 13.9. The second kappa shape index (κ2) is 59.8. The molecule has 78 heavy (non-hydrogen) atoms. The molecular weight excluding hydrogens is 984 g/mol. The number of hydrogen-bond acceptors (Lipinski definition) is 6. The molecule has 3 atom stereocenters. The zero-order valence-electron chi connectivity index (χ0n) is 52.4. The second-order valence-corrected chi connectivity index (χ2v) is 25.6. The summed E-state index contributed by atoms with van der Waals surface area (Å²) in [4.78, 5) is 25.6. The minimum atomic E-state index is -4.61. The van der Waals surface area contributed by atoms with Crippen LogP contribution in [-0.2, 0) is 18.4 Å². The maximum absolute atomic E-state index is 13.0. The summed E-state index contributed by atoms with van der Waals surface area (Å²) in [6, 6.07) is -0.905. The molecule has 0 aromatic heterocycles. The lowest BCUT2D eigenvalue weighted by atomic mass is 10.0. The van der Waals surface area contributed by atoms with Crippen molar-refractivity contribution >= 4 is 13.7 Å². The number of allylic oxidation sites excluding steroid dienone is 9. The normalized spacial score (nSPS) is 14.1. The van der Waals surface area contributed by atoms with Crippen LogP contribution < -0.4 is 10.2 Å². The number of likely N-dealkylation sites (N-methyl/N-ethyl adjacent to an activating group) is 1. The van der Waals surface area contributed by atoms with E-state index in [1.165, 1.54) is 250 Å². The first kappa shape index (κ1) is 76.2. The van der Waals surface area contributed by atoms with Crippen molar-refractivity contribution in [1.82, 2.24) is 5.32 Å². The van der Waals surface area contributed by atoms with Crippen LogP contribution in [0.5, 0.6) is 0 Å². The number of rotatable bonds is 62. The topological polar surface area (TPSA) is 108 Å². The molecule has 2 N–H and O–H groups in total. The van der Waals surface area contributed by atoms with Gasteiger partial charge in [0.15, 0.2) is 0 Å². The Bertz CT molecular complexity index is 1450. The van der Waals surface area contributed by atoms with Crippen molar-refractivity contribution in [2.24, 2.45) is 0 Å². The Morgan fingerprint density at radius 2 is 0.756 bits per heavy atom. The van der Waals surface area contributed by atoms with Gasteiger partial charge in [0.25, 0.3) is 7.82 Å². The van der Waals surface area contributed by atoms with Crippen LogP contribution in [0, 0.1) is 0 Å². The van der Waals surface area contributed by atoms with Crippen LogP contribution in [0.3, 0.4) is 0 Å². The van der Waals surface area contributed by atoms with E-state index in [1.807, 2.05) is 27.2 Å². The zero-order chi connectivity index (χ0) is 57.0. The molecule has 0 bridgehead atoms. The van der Waals surface area contributed by atoms with E-state index in [-0.39, 0.29) is 12.5 Å². The SMILES string of the molecule is CCCCCCC/C=C\C/C=C\C/C=C\CCCCCCCCCCCCCCCCCCCCC(=O)NC(COP(=O)([O-])OCC[N+](C)(C)C)C(O)/C=C/CC/C=C/CCCCCCCCCCCCCCCCCCC. The van der Waals surface area contributed by atoms with Gasteiger partial charge in [0.2, 0.25) is 5.91 Å². The summed E-state index contributed by atoms with van der Waals surface area (Å²) in [6.45, 7) is 4.66. The molecule has 0 aromatic carbocycles. The highest BCUT2D eigenvalue weighted by Crippen LogP contribution is 2.38. The highest BCUT2D eigenvalue weighted by atomic mass is 31.2. The first-order chi connectivity index (χ1) is 38.0. The van der Waals surface area contributed by atoms with Crippen molar-refractivity contribution < 1.29 is 32.9 Å². The molecule has 1 amide bonds. The van der Waals surface area contributed by atoms with Crippen LogP contribution in [0.2, 0.25) is 0 Å². The lowest BCUT2D eigenvalue weighted by Gasteiger charge is -2.29.